The van der Waals surface area contributed by atoms with E-state index >= 15 is 0 Å². The summed E-state index contributed by atoms with van der Waals surface area (Å²) >= 11 is 1.20. The van der Waals surface area contributed by atoms with E-state index < -0.39 is 18.0 Å². The van der Waals surface area contributed by atoms with Gasteiger partial charge >= 0.3 is 11.9 Å². The van der Waals surface area contributed by atoms with Crippen molar-refractivity contribution in [2.75, 3.05) is 13.7 Å². The van der Waals surface area contributed by atoms with Crippen LogP contribution < -0.4 is 19.6 Å². The summed E-state index contributed by atoms with van der Waals surface area (Å²) in [6, 6.07) is 17.0. The summed E-state index contributed by atoms with van der Waals surface area (Å²) in [5, 5.41) is 0. The Morgan fingerprint density at radius 3 is 2.50 bits per heavy atom. The Bertz CT molecular complexity index is 1860. The molecule has 42 heavy (non-hydrogen) atoms. The molecule has 0 bridgehead atoms. The summed E-state index contributed by atoms with van der Waals surface area (Å²) in [6.07, 6.45) is 1.29. The molecule has 2 aromatic heterocycles. The van der Waals surface area contributed by atoms with Gasteiger partial charge in [0.2, 0.25) is 0 Å². The largest absolute Gasteiger partial charge is 0.494 e. The standard InChI is InChI=1S/C32H30N2O7S/c1-6-39-21-13-11-20(12-14-21)28-27(31(37)40-18(2)3)19(4)33-32-34(28)29(35)26(42-32)17-22-15-16-25(41-22)23-9-7-8-10-24(23)30(36)38-5/h7-18,28H,6H2,1-5H3/b26-17-/t28-/m0/s1. The van der Waals surface area contributed by atoms with Crippen molar-refractivity contribution in [3.05, 3.63) is 109 Å². The van der Waals surface area contributed by atoms with Gasteiger partial charge in [0.15, 0.2) is 4.80 Å². The van der Waals surface area contributed by atoms with E-state index in [1.165, 1.54) is 23.0 Å². The highest BCUT2D eigenvalue weighted by atomic mass is 32.1. The molecule has 1 atom stereocenters. The normalized spacial score (nSPS) is 14.9. The van der Waals surface area contributed by atoms with Crippen LogP contribution in [0.1, 0.15) is 55.4 Å². The van der Waals surface area contributed by atoms with Gasteiger partial charge < -0.3 is 18.6 Å². The first-order valence-electron chi connectivity index (χ1n) is 13.5. The SMILES string of the molecule is CCOc1ccc([C@H]2C(C(=O)OC(C)C)=C(C)N=c3s/c(=C\c4ccc(-c5ccccc5C(=O)OC)o4)c(=O)n32)cc1. The predicted molar refractivity (Wildman–Crippen MR) is 158 cm³/mol. The van der Waals surface area contributed by atoms with Crippen molar-refractivity contribution in [2.24, 2.45) is 4.99 Å². The van der Waals surface area contributed by atoms with Crippen LogP contribution in [0.25, 0.3) is 17.4 Å². The maximum absolute atomic E-state index is 13.9. The average molecular weight is 587 g/mol. The van der Waals surface area contributed by atoms with E-state index in [1.807, 2.05) is 31.2 Å². The lowest BCUT2D eigenvalue weighted by atomic mass is 9.96. The first kappa shape index (κ1) is 28.8. The zero-order valence-corrected chi connectivity index (χ0v) is 24.7. The summed E-state index contributed by atoms with van der Waals surface area (Å²) in [5.41, 5.74) is 2.11. The van der Waals surface area contributed by atoms with E-state index in [4.69, 9.17) is 18.6 Å². The topological polar surface area (TPSA) is 109 Å². The molecule has 2 aromatic carbocycles. The fraction of sp³-hybridized carbons (Fsp3) is 0.250. The first-order chi connectivity index (χ1) is 20.2. The Labute approximate surface area is 246 Å². The third-order valence-electron chi connectivity index (χ3n) is 6.59. The maximum atomic E-state index is 13.9. The molecule has 0 saturated heterocycles. The van der Waals surface area contributed by atoms with Crippen molar-refractivity contribution in [1.29, 1.82) is 0 Å². The molecule has 0 N–H and O–H groups in total. The number of ether oxygens (including phenoxy) is 3. The smallest absolute Gasteiger partial charge is 0.338 e. The molecule has 0 aliphatic carbocycles. The highest BCUT2D eigenvalue weighted by molar-refractivity contribution is 7.07. The lowest BCUT2D eigenvalue weighted by Gasteiger charge is -2.25. The zero-order chi connectivity index (χ0) is 30.0. The van der Waals surface area contributed by atoms with Gasteiger partial charge in [-0.1, -0.05) is 41.7 Å². The molecule has 0 unspecified atom stereocenters. The molecule has 9 nitrogen and oxygen atoms in total. The van der Waals surface area contributed by atoms with Crippen LogP contribution in [-0.4, -0.2) is 36.3 Å². The van der Waals surface area contributed by atoms with Gasteiger partial charge in [0.25, 0.3) is 5.56 Å². The van der Waals surface area contributed by atoms with Gasteiger partial charge in [0.05, 0.1) is 47.2 Å². The van der Waals surface area contributed by atoms with Crippen LogP contribution in [0.2, 0.25) is 0 Å². The van der Waals surface area contributed by atoms with Gasteiger partial charge in [0, 0.05) is 11.6 Å². The number of methoxy groups -OCH3 is 1. The Morgan fingerprint density at radius 2 is 1.81 bits per heavy atom. The molecule has 4 aromatic rings. The van der Waals surface area contributed by atoms with E-state index in [0.29, 0.717) is 55.6 Å². The van der Waals surface area contributed by atoms with E-state index in [1.54, 1.807) is 63.2 Å². The number of fused-ring (bicyclic) bond motifs is 1. The molecule has 10 heteroatoms. The second-order valence-corrected chi connectivity index (χ2v) is 10.8. The minimum atomic E-state index is -0.746. The van der Waals surface area contributed by atoms with Gasteiger partial charge in [0.1, 0.15) is 17.3 Å². The lowest BCUT2D eigenvalue weighted by Crippen LogP contribution is -2.40. The molecule has 216 valence electrons. The molecule has 1 aliphatic rings. The Hall–Kier alpha value is -4.70. The number of hydrogen-bond donors (Lipinski definition) is 0. The van der Waals surface area contributed by atoms with Crippen LogP contribution in [0, 0.1) is 0 Å². The minimum Gasteiger partial charge on any atom is -0.494 e. The number of esters is 2. The van der Waals surface area contributed by atoms with Crippen molar-refractivity contribution in [2.45, 2.75) is 39.8 Å². The molecule has 5 rings (SSSR count). The molecule has 0 fully saturated rings. The number of benzene rings is 2. The van der Waals surface area contributed by atoms with Crippen molar-refractivity contribution >= 4 is 29.4 Å². The van der Waals surface area contributed by atoms with E-state index in [2.05, 4.69) is 4.99 Å². The van der Waals surface area contributed by atoms with Crippen LogP contribution in [0.15, 0.2) is 86.1 Å². The number of allylic oxidation sites excluding steroid dienone is 1. The number of furan rings is 1. The Morgan fingerprint density at radius 1 is 1.07 bits per heavy atom. The van der Waals surface area contributed by atoms with Crippen LogP contribution >= 0.6 is 11.3 Å². The average Bonchev–Trinajstić information content (AvgIpc) is 3.56. The Balaban J connectivity index is 1.61. The highest BCUT2D eigenvalue weighted by Gasteiger charge is 2.34. The second-order valence-electron chi connectivity index (χ2n) is 9.78. The summed E-state index contributed by atoms with van der Waals surface area (Å²) in [7, 11) is 1.32. The molecule has 0 spiro atoms. The fourth-order valence-corrected chi connectivity index (χ4v) is 5.81. The molecular formula is C32H30N2O7S. The van der Waals surface area contributed by atoms with Gasteiger partial charge in [-0.05, 0) is 63.6 Å². The van der Waals surface area contributed by atoms with E-state index in [0.717, 1.165) is 5.56 Å². The number of carbonyl (C=O) groups excluding carboxylic acids is 2. The van der Waals surface area contributed by atoms with Crippen LogP contribution in [0.4, 0.5) is 0 Å². The number of thiazole rings is 1. The highest BCUT2D eigenvalue weighted by Crippen LogP contribution is 2.32. The van der Waals surface area contributed by atoms with E-state index in [-0.39, 0.29) is 11.7 Å². The lowest BCUT2D eigenvalue weighted by molar-refractivity contribution is -0.143. The minimum absolute atomic E-state index is 0.298. The van der Waals surface area contributed by atoms with Crippen LogP contribution in [-0.2, 0) is 14.3 Å². The third kappa shape index (κ3) is 5.58. The summed E-state index contributed by atoms with van der Waals surface area (Å²) in [5.74, 6) is 0.551. The van der Waals surface area contributed by atoms with Gasteiger partial charge in [-0.15, -0.1) is 0 Å². The molecule has 0 radical (unpaired) electrons. The number of carbonyl (C=O) groups is 2. The maximum Gasteiger partial charge on any atom is 0.338 e. The quantitative estimate of drug-likeness (QED) is 0.277. The zero-order valence-electron chi connectivity index (χ0n) is 23.9. The molecule has 0 amide bonds. The molecule has 0 saturated carbocycles. The number of rotatable bonds is 8. The second kappa shape index (κ2) is 12.0. The number of hydrogen-bond acceptors (Lipinski definition) is 9. The molecular weight excluding hydrogens is 556 g/mol. The van der Waals surface area contributed by atoms with Crippen molar-refractivity contribution in [3.63, 3.8) is 0 Å². The van der Waals surface area contributed by atoms with Crippen molar-refractivity contribution in [1.82, 2.24) is 4.57 Å². The monoisotopic (exact) mass is 586 g/mol. The van der Waals surface area contributed by atoms with Crippen molar-refractivity contribution < 1.29 is 28.2 Å². The van der Waals surface area contributed by atoms with Crippen LogP contribution in [0.5, 0.6) is 5.75 Å². The summed E-state index contributed by atoms with van der Waals surface area (Å²) < 4.78 is 24.0. The van der Waals surface area contributed by atoms with Gasteiger partial charge in [-0.3, -0.25) is 9.36 Å². The summed E-state index contributed by atoms with van der Waals surface area (Å²) in [4.78, 5) is 44.5. The molecule has 1 aliphatic heterocycles. The predicted octanol–water partition coefficient (Wildman–Crippen LogP) is 4.63. The van der Waals surface area contributed by atoms with Crippen molar-refractivity contribution in [3.8, 4) is 17.1 Å². The van der Waals surface area contributed by atoms with Gasteiger partial charge in [-0.25, -0.2) is 14.6 Å². The number of nitrogens with zero attached hydrogens (tertiary/aromatic N) is 2. The number of aromatic nitrogens is 1. The van der Waals surface area contributed by atoms with Gasteiger partial charge in [-0.2, -0.15) is 0 Å². The third-order valence-corrected chi connectivity index (χ3v) is 7.57. The molecule has 3 heterocycles. The van der Waals surface area contributed by atoms with Crippen LogP contribution in [0.3, 0.4) is 0 Å². The Kier molecular flexibility index (Phi) is 8.26. The van der Waals surface area contributed by atoms with E-state index in [9.17, 15) is 14.4 Å². The first-order valence-corrected chi connectivity index (χ1v) is 14.3. The fourth-order valence-electron chi connectivity index (χ4n) is 4.78. The summed E-state index contributed by atoms with van der Waals surface area (Å²) in [6.45, 7) is 7.71.